The third-order valence-electron chi connectivity index (χ3n) is 1.70. The summed E-state index contributed by atoms with van der Waals surface area (Å²) >= 11 is 5.63. The van der Waals surface area contributed by atoms with Gasteiger partial charge in [-0.05, 0) is 20.8 Å². The third-order valence-corrected chi connectivity index (χ3v) is 2.16. The Labute approximate surface area is 82.7 Å². The van der Waals surface area contributed by atoms with Crippen molar-refractivity contribution in [2.45, 2.75) is 26.8 Å². The van der Waals surface area contributed by atoms with Crippen molar-refractivity contribution in [1.29, 1.82) is 0 Å². The Kier molecular flexibility index (Phi) is 3.42. The highest BCUT2D eigenvalue weighted by Crippen LogP contribution is 2.03. The predicted octanol–water partition coefficient (Wildman–Crippen LogP) is 1.53. The highest BCUT2D eigenvalue weighted by atomic mass is 35.5. The SMILES string of the molecule is Cc1nnc(NC(C)CCl)nc1C. The maximum atomic E-state index is 5.63. The number of halogens is 1. The van der Waals surface area contributed by atoms with Crippen LogP contribution in [0, 0.1) is 13.8 Å². The van der Waals surface area contributed by atoms with Crippen molar-refractivity contribution in [3.05, 3.63) is 11.4 Å². The standard InChI is InChI=1S/C8H13ClN4/c1-5(4-9)10-8-11-6(2)7(3)12-13-8/h5H,4H2,1-3H3,(H,10,11,13). The summed E-state index contributed by atoms with van der Waals surface area (Å²) in [6, 6.07) is 0.158. The van der Waals surface area contributed by atoms with E-state index in [1.54, 1.807) is 0 Å². The molecule has 0 saturated carbocycles. The van der Waals surface area contributed by atoms with Crippen molar-refractivity contribution < 1.29 is 0 Å². The van der Waals surface area contributed by atoms with Crippen LogP contribution >= 0.6 is 11.6 Å². The molecule has 0 aliphatic rings. The summed E-state index contributed by atoms with van der Waals surface area (Å²) < 4.78 is 0. The second-order valence-electron chi connectivity index (χ2n) is 3.01. The second-order valence-corrected chi connectivity index (χ2v) is 3.31. The van der Waals surface area contributed by atoms with E-state index in [1.807, 2.05) is 20.8 Å². The quantitative estimate of drug-likeness (QED) is 0.752. The Morgan fingerprint density at radius 1 is 1.31 bits per heavy atom. The van der Waals surface area contributed by atoms with Crippen LogP contribution in [0.5, 0.6) is 0 Å². The molecule has 1 N–H and O–H groups in total. The van der Waals surface area contributed by atoms with Gasteiger partial charge in [-0.1, -0.05) is 0 Å². The molecular formula is C8H13ClN4. The van der Waals surface area contributed by atoms with Gasteiger partial charge in [0, 0.05) is 11.9 Å². The minimum Gasteiger partial charge on any atom is -0.349 e. The molecule has 0 amide bonds. The number of nitrogens with one attached hydrogen (secondary N) is 1. The lowest BCUT2D eigenvalue weighted by Gasteiger charge is -2.09. The zero-order valence-electron chi connectivity index (χ0n) is 8.00. The number of rotatable bonds is 3. The van der Waals surface area contributed by atoms with Gasteiger partial charge in [0.15, 0.2) is 0 Å². The first-order chi connectivity index (χ1) is 6.13. The van der Waals surface area contributed by atoms with E-state index in [4.69, 9.17) is 11.6 Å². The van der Waals surface area contributed by atoms with Crippen LogP contribution in [0.4, 0.5) is 5.95 Å². The Hall–Kier alpha value is -0.900. The fraction of sp³-hybridized carbons (Fsp3) is 0.625. The van der Waals surface area contributed by atoms with Gasteiger partial charge < -0.3 is 5.32 Å². The number of anilines is 1. The van der Waals surface area contributed by atoms with Crippen molar-refractivity contribution in [2.75, 3.05) is 11.2 Å². The molecule has 0 aromatic carbocycles. The Bertz CT molecular complexity index is 289. The molecule has 1 aromatic heterocycles. The summed E-state index contributed by atoms with van der Waals surface area (Å²) in [6.45, 7) is 5.75. The average Bonchev–Trinajstić information content (AvgIpc) is 2.11. The molecule has 0 radical (unpaired) electrons. The highest BCUT2D eigenvalue weighted by molar-refractivity contribution is 6.18. The van der Waals surface area contributed by atoms with Crippen molar-refractivity contribution in [3.8, 4) is 0 Å². The number of nitrogens with zero attached hydrogens (tertiary/aromatic N) is 3. The van der Waals surface area contributed by atoms with Gasteiger partial charge >= 0.3 is 0 Å². The topological polar surface area (TPSA) is 50.7 Å². The highest BCUT2D eigenvalue weighted by Gasteiger charge is 2.04. The van der Waals surface area contributed by atoms with E-state index in [0.29, 0.717) is 11.8 Å². The van der Waals surface area contributed by atoms with Crippen molar-refractivity contribution in [2.24, 2.45) is 0 Å². The van der Waals surface area contributed by atoms with Gasteiger partial charge in [-0.15, -0.1) is 16.7 Å². The number of aryl methyl sites for hydroxylation is 2. The first kappa shape index (κ1) is 10.2. The maximum Gasteiger partial charge on any atom is 0.243 e. The summed E-state index contributed by atoms with van der Waals surface area (Å²) in [5.74, 6) is 1.06. The van der Waals surface area contributed by atoms with Crippen LogP contribution in [0.15, 0.2) is 0 Å². The molecule has 5 heteroatoms. The molecule has 0 aliphatic carbocycles. The van der Waals surface area contributed by atoms with E-state index in [-0.39, 0.29) is 6.04 Å². The predicted molar refractivity (Wildman–Crippen MR) is 53.1 cm³/mol. The minimum absolute atomic E-state index is 0.158. The number of hydrogen-bond acceptors (Lipinski definition) is 4. The van der Waals surface area contributed by atoms with E-state index in [2.05, 4.69) is 20.5 Å². The lowest BCUT2D eigenvalue weighted by atomic mass is 10.4. The third kappa shape index (κ3) is 2.81. The van der Waals surface area contributed by atoms with Crippen LogP contribution in [0.1, 0.15) is 18.3 Å². The van der Waals surface area contributed by atoms with E-state index in [0.717, 1.165) is 11.4 Å². The molecule has 1 rings (SSSR count). The van der Waals surface area contributed by atoms with Crippen LogP contribution in [-0.2, 0) is 0 Å². The van der Waals surface area contributed by atoms with Gasteiger partial charge in [-0.25, -0.2) is 4.98 Å². The molecule has 0 fully saturated rings. The number of hydrogen-bond donors (Lipinski definition) is 1. The van der Waals surface area contributed by atoms with E-state index in [1.165, 1.54) is 0 Å². The summed E-state index contributed by atoms with van der Waals surface area (Å²) in [5.41, 5.74) is 1.74. The van der Waals surface area contributed by atoms with Gasteiger partial charge in [0.05, 0.1) is 11.4 Å². The molecule has 1 unspecified atom stereocenters. The van der Waals surface area contributed by atoms with Crippen LogP contribution in [0.2, 0.25) is 0 Å². The summed E-state index contributed by atoms with van der Waals surface area (Å²) in [4.78, 5) is 4.22. The van der Waals surface area contributed by atoms with Gasteiger partial charge in [-0.3, -0.25) is 0 Å². The van der Waals surface area contributed by atoms with Gasteiger partial charge in [0.1, 0.15) is 0 Å². The van der Waals surface area contributed by atoms with Crippen molar-refractivity contribution in [1.82, 2.24) is 15.2 Å². The van der Waals surface area contributed by atoms with E-state index in [9.17, 15) is 0 Å². The Morgan fingerprint density at radius 2 is 2.00 bits per heavy atom. The summed E-state index contributed by atoms with van der Waals surface area (Å²) in [7, 11) is 0. The summed E-state index contributed by atoms with van der Waals surface area (Å²) in [6.07, 6.45) is 0. The van der Waals surface area contributed by atoms with Crippen LogP contribution in [0.3, 0.4) is 0 Å². The Morgan fingerprint density at radius 3 is 2.54 bits per heavy atom. The lowest BCUT2D eigenvalue weighted by Crippen LogP contribution is -2.19. The van der Waals surface area contributed by atoms with Crippen molar-refractivity contribution in [3.63, 3.8) is 0 Å². The second kappa shape index (κ2) is 4.37. The summed E-state index contributed by atoms with van der Waals surface area (Å²) in [5, 5.41) is 10.9. The fourth-order valence-electron chi connectivity index (χ4n) is 0.777. The van der Waals surface area contributed by atoms with E-state index < -0.39 is 0 Å². The monoisotopic (exact) mass is 200 g/mol. The normalized spacial score (nSPS) is 12.6. The molecule has 72 valence electrons. The molecule has 1 aromatic rings. The average molecular weight is 201 g/mol. The largest absolute Gasteiger partial charge is 0.349 e. The molecule has 0 aliphatic heterocycles. The smallest absolute Gasteiger partial charge is 0.243 e. The Balaban J connectivity index is 2.73. The first-order valence-corrected chi connectivity index (χ1v) is 4.67. The van der Waals surface area contributed by atoms with Gasteiger partial charge in [0.25, 0.3) is 0 Å². The fourth-order valence-corrected chi connectivity index (χ4v) is 0.854. The molecule has 13 heavy (non-hydrogen) atoms. The molecule has 0 saturated heterocycles. The molecule has 0 spiro atoms. The first-order valence-electron chi connectivity index (χ1n) is 4.14. The zero-order valence-corrected chi connectivity index (χ0v) is 8.76. The zero-order chi connectivity index (χ0) is 9.84. The van der Waals surface area contributed by atoms with Gasteiger partial charge in [0.2, 0.25) is 5.95 Å². The number of alkyl halides is 1. The van der Waals surface area contributed by atoms with Crippen LogP contribution in [0.25, 0.3) is 0 Å². The van der Waals surface area contributed by atoms with Gasteiger partial charge in [-0.2, -0.15) is 5.10 Å². The van der Waals surface area contributed by atoms with Crippen molar-refractivity contribution >= 4 is 17.5 Å². The molecule has 4 nitrogen and oxygen atoms in total. The van der Waals surface area contributed by atoms with Crippen LogP contribution < -0.4 is 5.32 Å². The molecular weight excluding hydrogens is 188 g/mol. The number of aromatic nitrogens is 3. The molecule has 1 atom stereocenters. The maximum absolute atomic E-state index is 5.63. The minimum atomic E-state index is 0.158. The van der Waals surface area contributed by atoms with Crippen LogP contribution in [-0.4, -0.2) is 27.1 Å². The molecule has 0 bridgehead atoms. The van der Waals surface area contributed by atoms with E-state index >= 15 is 0 Å². The lowest BCUT2D eigenvalue weighted by molar-refractivity contribution is 0.834. The molecule has 1 heterocycles.